The second-order valence-corrected chi connectivity index (χ2v) is 11.9. The summed E-state index contributed by atoms with van der Waals surface area (Å²) in [6, 6.07) is 12.9. The molecular formula is C31H35FN10O. The Morgan fingerprint density at radius 2 is 1.84 bits per heavy atom. The summed E-state index contributed by atoms with van der Waals surface area (Å²) in [7, 11) is 0. The average Bonchev–Trinajstić information content (AvgIpc) is 3.67. The van der Waals surface area contributed by atoms with Crippen LogP contribution in [0.3, 0.4) is 0 Å². The summed E-state index contributed by atoms with van der Waals surface area (Å²) in [6.45, 7) is 12.9. The zero-order valence-electron chi connectivity index (χ0n) is 25.0. The lowest BCUT2D eigenvalue weighted by atomic mass is 9.98. The number of nitrogens with one attached hydrogen (secondary N) is 2. The summed E-state index contributed by atoms with van der Waals surface area (Å²) in [4.78, 5) is 21.3. The predicted molar refractivity (Wildman–Crippen MR) is 162 cm³/mol. The molecule has 12 heteroatoms. The van der Waals surface area contributed by atoms with Gasteiger partial charge in [-0.2, -0.15) is 9.90 Å². The molecule has 1 aliphatic heterocycles. The second-order valence-electron chi connectivity index (χ2n) is 11.9. The van der Waals surface area contributed by atoms with Gasteiger partial charge in [-0.05, 0) is 75.2 Å². The number of aromatic nitrogens is 7. The number of carbonyl (C=O) groups is 1. The molecule has 1 amide bonds. The minimum atomic E-state index is -0.392. The third-order valence-corrected chi connectivity index (χ3v) is 7.66. The van der Waals surface area contributed by atoms with Crippen LogP contribution in [0.5, 0.6) is 0 Å². The number of fused-ring (bicyclic) bond motifs is 1. The van der Waals surface area contributed by atoms with Gasteiger partial charge in [0, 0.05) is 37.3 Å². The maximum atomic E-state index is 15.3. The lowest BCUT2D eigenvalue weighted by Gasteiger charge is -2.29. The van der Waals surface area contributed by atoms with E-state index in [1.807, 2.05) is 77.2 Å². The number of amides is 1. The Labute approximate surface area is 249 Å². The van der Waals surface area contributed by atoms with Crippen LogP contribution in [0.1, 0.15) is 55.5 Å². The molecular weight excluding hydrogens is 547 g/mol. The molecule has 43 heavy (non-hydrogen) atoms. The minimum Gasteiger partial charge on any atom is -0.367 e. The van der Waals surface area contributed by atoms with Gasteiger partial charge in [-0.25, -0.2) is 13.9 Å². The van der Waals surface area contributed by atoms with E-state index in [-0.39, 0.29) is 23.2 Å². The van der Waals surface area contributed by atoms with Crippen LogP contribution in [0.4, 0.5) is 10.1 Å². The molecule has 3 aromatic heterocycles. The van der Waals surface area contributed by atoms with Crippen LogP contribution >= 0.6 is 0 Å². The SMILES string of the molecule is Cc1cc(-c2nc(-c3ccc(N4CCNCC4)c(F)c3)cn3nccc23)ccc1[C@@H](C)NC(=O)c1nnn(C(C)(C)C)n1. The number of tetrazole rings is 1. The summed E-state index contributed by atoms with van der Waals surface area (Å²) in [6.07, 6.45) is 3.54. The van der Waals surface area contributed by atoms with Gasteiger partial charge in [-0.3, -0.25) is 4.79 Å². The van der Waals surface area contributed by atoms with E-state index in [1.54, 1.807) is 16.8 Å². The molecule has 1 saturated heterocycles. The first kappa shape index (κ1) is 28.4. The molecule has 222 valence electrons. The predicted octanol–water partition coefficient (Wildman–Crippen LogP) is 4.15. The van der Waals surface area contributed by atoms with Crippen LogP contribution in [-0.4, -0.2) is 66.9 Å². The zero-order valence-corrected chi connectivity index (χ0v) is 25.0. The normalized spacial score (nSPS) is 14.7. The van der Waals surface area contributed by atoms with Crippen molar-refractivity contribution in [1.29, 1.82) is 0 Å². The van der Waals surface area contributed by atoms with Crippen molar-refractivity contribution in [3.63, 3.8) is 0 Å². The van der Waals surface area contributed by atoms with Crippen molar-refractivity contribution >= 4 is 17.1 Å². The molecule has 0 bridgehead atoms. The van der Waals surface area contributed by atoms with Gasteiger partial charge in [-0.1, -0.05) is 18.2 Å². The van der Waals surface area contributed by atoms with Crippen LogP contribution in [0.2, 0.25) is 0 Å². The molecule has 2 N–H and O–H groups in total. The molecule has 1 aliphatic rings. The van der Waals surface area contributed by atoms with Gasteiger partial charge in [0.1, 0.15) is 5.82 Å². The van der Waals surface area contributed by atoms with Crippen LogP contribution in [0, 0.1) is 12.7 Å². The number of anilines is 1. The number of nitrogens with zero attached hydrogens (tertiary/aromatic N) is 8. The fourth-order valence-corrected chi connectivity index (χ4v) is 5.34. The quantitative estimate of drug-likeness (QED) is 0.307. The molecule has 6 rings (SSSR count). The Bertz CT molecular complexity index is 1800. The van der Waals surface area contributed by atoms with Gasteiger partial charge in [0.15, 0.2) is 0 Å². The molecule has 4 heterocycles. The van der Waals surface area contributed by atoms with Gasteiger partial charge < -0.3 is 15.5 Å². The summed E-state index contributed by atoms with van der Waals surface area (Å²) < 4.78 is 17.0. The maximum Gasteiger partial charge on any atom is 0.293 e. The zero-order chi connectivity index (χ0) is 30.3. The third-order valence-electron chi connectivity index (χ3n) is 7.66. The second kappa shape index (κ2) is 11.2. The van der Waals surface area contributed by atoms with Gasteiger partial charge in [0.05, 0.1) is 46.6 Å². The van der Waals surface area contributed by atoms with Gasteiger partial charge >= 0.3 is 0 Å². The molecule has 0 radical (unpaired) electrons. The topological polar surface area (TPSA) is 118 Å². The van der Waals surface area contributed by atoms with Crippen molar-refractivity contribution in [2.24, 2.45) is 0 Å². The Hall–Kier alpha value is -4.71. The van der Waals surface area contributed by atoms with Crippen molar-refractivity contribution in [2.75, 3.05) is 31.1 Å². The fraction of sp³-hybridized carbons (Fsp3) is 0.355. The first-order valence-electron chi connectivity index (χ1n) is 14.4. The maximum absolute atomic E-state index is 15.3. The summed E-state index contributed by atoms with van der Waals surface area (Å²) in [5.41, 5.74) is 5.91. The summed E-state index contributed by atoms with van der Waals surface area (Å²) in [5, 5.41) is 22.9. The molecule has 0 spiro atoms. The number of aryl methyl sites for hydroxylation is 1. The smallest absolute Gasteiger partial charge is 0.293 e. The largest absolute Gasteiger partial charge is 0.367 e. The standard InChI is InChI=1S/C31H35FN10O/c1-19-16-22(6-8-23(19)20(2)35-30(43)29-37-39-42(38-29)31(3,4)5)28-27-10-11-34-41(27)18-25(36-28)21-7-9-26(24(32)17-21)40-14-12-33-13-15-40/h6-11,16-18,20,33H,12-15H2,1-5H3,(H,35,43)/t20-/m1/s1. The Kier molecular flexibility index (Phi) is 7.38. The molecule has 1 fully saturated rings. The van der Waals surface area contributed by atoms with E-state index in [1.165, 1.54) is 4.80 Å². The summed E-state index contributed by atoms with van der Waals surface area (Å²) >= 11 is 0. The molecule has 5 aromatic rings. The Balaban J connectivity index is 1.27. The highest BCUT2D eigenvalue weighted by atomic mass is 19.1. The van der Waals surface area contributed by atoms with E-state index in [9.17, 15) is 4.79 Å². The molecule has 2 aromatic carbocycles. The van der Waals surface area contributed by atoms with Crippen molar-refractivity contribution in [2.45, 2.75) is 46.2 Å². The highest BCUT2D eigenvalue weighted by Crippen LogP contribution is 2.31. The third kappa shape index (κ3) is 5.70. The van der Waals surface area contributed by atoms with E-state index in [0.717, 1.165) is 54.1 Å². The highest BCUT2D eigenvalue weighted by Gasteiger charge is 2.23. The number of hydrogen-bond donors (Lipinski definition) is 2. The molecule has 0 aliphatic carbocycles. The number of benzene rings is 2. The highest BCUT2D eigenvalue weighted by molar-refractivity contribution is 5.90. The average molecular weight is 583 g/mol. The van der Waals surface area contributed by atoms with E-state index >= 15 is 4.39 Å². The molecule has 1 atom stereocenters. The van der Waals surface area contributed by atoms with Crippen molar-refractivity contribution in [1.82, 2.24) is 45.4 Å². The van der Waals surface area contributed by atoms with Crippen LogP contribution in [-0.2, 0) is 5.54 Å². The summed E-state index contributed by atoms with van der Waals surface area (Å²) in [5.74, 6) is -0.634. The lowest BCUT2D eigenvalue weighted by molar-refractivity contribution is 0.0928. The number of hydrogen-bond acceptors (Lipinski definition) is 8. The van der Waals surface area contributed by atoms with Gasteiger partial charge in [0.25, 0.3) is 11.7 Å². The Morgan fingerprint density at radius 1 is 1.07 bits per heavy atom. The van der Waals surface area contributed by atoms with Crippen LogP contribution < -0.4 is 15.5 Å². The fourth-order valence-electron chi connectivity index (χ4n) is 5.34. The number of rotatable bonds is 6. The van der Waals surface area contributed by atoms with E-state index < -0.39 is 5.91 Å². The van der Waals surface area contributed by atoms with Gasteiger partial charge in [0.2, 0.25) is 0 Å². The number of piperazine rings is 1. The van der Waals surface area contributed by atoms with E-state index in [0.29, 0.717) is 16.9 Å². The van der Waals surface area contributed by atoms with Crippen LogP contribution in [0.15, 0.2) is 54.9 Å². The Morgan fingerprint density at radius 3 is 2.53 bits per heavy atom. The van der Waals surface area contributed by atoms with E-state index in [2.05, 4.69) is 36.0 Å². The molecule has 0 unspecified atom stereocenters. The van der Waals surface area contributed by atoms with Crippen molar-refractivity contribution in [3.05, 3.63) is 77.6 Å². The number of halogens is 1. The van der Waals surface area contributed by atoms with Crippen LogP contribution in [0.25, 0.3) is 28.0 Å². The van der Waals surface area contributed by atoms with Gasteiger partial charge in [-0.15, -0.1) is 10.2 Å². The monoisotopic (exact) mass is 582 g/mol. The number of carbonyl (C=O) groups excluding carboxylic acids is 1. The van der Waals surface area contributed by atoms with Crippen molar-refractivity contribution < 1.29 is 9.18 Å². The first-order valence-corrected chi connectivity index (χ1v) is 14.4. The molecule has 0 saturated carbocycles. The first-order chi connectivity index (χ1) is 20.6. The molecule has 11 nitrogen and oxygen atoms in total. The van der Waals surface area contributed by atoms with Crippen molar-refractivity contribution in [3.8, 4) is 22.5 Å². The van der Waals surface area contributed by atoms with E-state index in [4.69, 9.17) is 4.98 Å². The lowest BCUT2D eigenvalue weighted by Crippen LogP contribution is -2.43. The minimum absolute atomic E-state index is 0.0256.